The van der Waals surface area contributed by atoms with E-state index in [0.29, 0.717) is 11.4 Å². The van der Waals surface area contributed by atoms with Crippen molar-refractivity contribution >= 4 is 23.1 Å². The number of carbonyl (C=O) groups is 1. The zero-order valence-electron chi connectivity index (χ0n) is 15.1. The minimum atomic E-state index is -0.149. The van der Waals surface area contributed by atoms with Gasteiger partial charge in [-0.05, 0) is 37.4 Å². The molecule has 1 saturated heterocycles. The third kappa shape index (κ3) is 4.28. The van der Waals surface area contributed by atoms with Crippen LogP contribution in [0, 0.1) is 0 Å². The summed E-state index contributed by atoms with van der Waals surface area (Å²) in [5.41, 5.74) is 2.71. The molecule has 2 heterocycles. The fraction of sp³-hybridized carbons (Fsp3) is 0.368. The van der Waals surface area contributed by atoms with E-state index in [-0.39, 0.29) is 5.91 Å². The van der Waals surface area contributed by atoms with Gasteiger partial charge in [-0.25, -0.2) is 4.98 Å². The average Bonchev–Trinajstić information content (AvgIpc) is 2.63. The SMILES string of the molecule is CN1CCN(c2ccc(NC(=O)c3cccc(N(C)C)c3)nc2)CC1. The number of anilines is 3. The predicted octanol–water partition coefficient (Wildman–Crippen LogP) is 2.15. The molecule has 0 bridgehead atoms. The van der Waals surface area contributed by atoms with Gasteiger partial charge in [0.1, 0.15) is 5.82 Å². The van der Waals surface area contributed by atoms with Crippen molar-refractivity contribution in [1.82, 2.24) is 9.88 Å². The van der Waals surface area contributed by atoms with Crippen LogP contribution >= 0.6 is 0 Å². The van der Waals surface area contributed by atoms with E-state index < -0.39 is 0 Å². The Balaban J connectivity index is 1.65. The molecule has 0 unspecified atom stereocenters. The number of pyridine rings is 1. The Morgan fingerprint density at radius 1 is 1.12 bits per heavy atom. The summed E-state index contributed by atoms with van der Waals surface area (Å²) in [5, 5.41) is 2.87. The van der Waals surface area contributed by atoms with E-state index >= 15 is 0 Å². The van der Waals surface area contributed by atoms with E-state index in [1.807, 2.05) is 55.5 Å². The van der Waals surface area contributed by atoms with Crippen molar-refractivity contribution in [3.05, 3.63) is 48.2 Å². The van der Waals surface area contributed by atoms with Gasteiger partial charge in [-0.15, -0.1) is 0 Å². The number of aromatic nitrogens is 1. The lowest BCUT2D eigenvalue weighted by Crippen LogP contribution is -2.44. The van der Waals surface area contributed by atoms with Crippen LogP contribution in [0.4, 0.5) is 17.2 Å². The van der Waals surface area contributed by atoms with Crippen molar-refractivity contribution in [2.75, 3.05) is 62.4 Å². The molecule has 0 saturated carbocycles. The summed E-state index contributed by atoms with van der Waals surface area (Å²) in [5.74, 6) is 0.418. The van der Waals surface area contributed by atoms with Crippen LogP contribution < -0.4 is 15.1 Å². The van der Waals surface area contributed by atoms with Crippen LogP contribution in [0.3, 0.4) is 0 Å². The number of nitrogens with zero attached hydrogens (tertiary/aromatic N) is 4. The molecule has 2 aromatic rings. The molecule has 1 aromatic heterocycles. The summed E-state index contributed by atoms with van der Waals surface area (Å²) in [6.45, 7) is 4.11. The van der Waals surface area contributed by atoms with Crippen LogP contribution in [0.1, 0.15) is 10.4 Å². The maximum absolute atomic E-state index is 12.4. The summed E-state index contributed by atoms with van der Waals surface area (Å²) >= 11 is 0. The van der Waals surface area contributed by atoms with Crippen molar-refractivity contribution in [1.29, 1.82) is 0 Å². The Labute approximate surface area is 149 Å². The second kappa shape index (κ2) is 7.53. The van der Waals surface area contributed by atoms with E-state index in [9.17, 15) is 4.79 Å². The zero-order chi connectivity index (χ0) is 17.8. The van der Waals surface area contributed by atoms with Crippen LogP contribution in [0.2, 0.25) is 0 Å². The van der Waals surface area contributed by atoms with Crippen LogP contribution in [-0.4, -0.2) is 63.1 Å². The van der Waals surface area contributed by atoms with Gasteiger partial charge in [0.15, 0.2) is 0 Å². The molecule has 1 fully saturated rings. The van der Waals surface area contributed by atoms with Crippen LogP contribution in [0.25, 0.3) is 0 Å². The van der Waals surface area contributed by atoms with E-state index in [2.05, 4.69) is 27.1 Å². The van der Waals surface area contributed by atoms with E-state index in [1.165, 1.54) is 0 Å². The molecule has 3 rings (SSSR count). The number of piperazine rings is 1. The lowest BCUT2D eigenvalue weighted by Gasteiger charge is -2.33. The minimum Gasteiger partial charge on any atom is -0.378 e. The summed E-state index contributed by atoms with van der Waals surface area (Å²) < 4.78 is 0. The summed E-state index contributed by atoms with van der Waals surface area (Å²) in [7, 11) is 6.05. The number of likely N-dealkylation sites (N-methyl/N-ethyl adjacent to an activating group) is 1. The standard InChI is InChI=1S/C19H25N5O/c1-22(2)16-6-4-5-15(13-16)19(25)21-18-8-7-17(14-20-18)24-11-9-23(3)10-12-24/h4-8,13-14H,9-12H2,1-3H3,(H,20,21,25). The van der Waals surface area contributed by atoms with Crippen molar-refractivity contribution in [2.24, 2.45) is 0 Å². The first-order chi connectivity index (χ1) is 12.0. The molecular weight excluding hydrogens is 314 g/mol. The normalized spacial score (nSPS) is 15.1. The number of carbonyl (C=O) groups excluding carboxylic acids is 1. The first kappa shape index (κ1) is 17.2. The molecule has 0 atom stereocenters. The fourth-order valence-electron chi connectivity index (χ4n) is 2.83. The third-order valence-corrected chi connectivity index (χ3v) is 4.48. The zero-order valence-corrected chi connectivity index (χ0v) is 15.1. The molecular formula is C19H25N5O. The monoisotopic (exact) mass is 339 g/mol. The molecule has 1 aliphatic heterocycles. The number of hydrogen-bond donors (Lipinski definition) is 1. The quantitative estimate of drug-likeness (QED) is 0.925. The van der Waals surface area contributed by atoms with Crippen molar-refractivity contribution in [3.63, 3.8) is 0 Å². The van der Waals surface area contributed by atoms with Gasteiger partial charge >= 0.3 is 0 Å². The van der Waals surface area contributed by atoms with Gasteiger partial charge in [0.05, 0.1) is 11.9 Å². The van der Waals surface area contributed by atoms with E-state index in [1.54, 1.807) is 6.07 Å². The fourth-order valence-corrected chi connectivity index (χ4v) is 2.83. The average molecular weight is 339 g/mol. The van der Waals surface area contributed by atoms with Crippen LogP contribution in [0.15, 0.2) is 42.6 Å². The highest BCUT2D eigenvalue weighted by molar-refractivity contribution is 6.04. The highest BCUT2D eigenvalue weighted by atomic mass is 16.1. The maximum atomic E-state index is 12.4. The molecule has 1 aliphatic rings. The number of rotatable bonds is 4. The number of hydrogen-bond acceptors (Lipinski definition) is 5. The Kier molecular flexibility index (Phi) is 5.19. The topological polar surface area (TPSA) is 51.7 Å². The van der Waals surface area contributed by atoms with Crippen molar-refractivity contribution < 1.29 is 4.79 Å². The number of amides is 1. The molecule has 0 radical (unpaired) electrons. The number of benzene rings is 1. The second-order valence-electron chi connectivity index (χ2n) is 6.59. The summed E-state index contributed by atoms with van der Waals surface area (Å²) in [6, 6.07) is 11.4. The van der Waals surface area contributed by atoms with Crippen LogP contribution in [0.5, 0.6) is 0 Å². The lowest BCUT2D eigenvalue weighted by atomic mass is 10.2. The minimum absolute atomic E-state index is 0.149. The Morgan fingerprint density at radius 2 is 1.88 bits per heavy atom. The Morgan fingerprint density at radius 3 is 2.52 bits per heavy atom. The van der Waals surface area contributed by atoms with E-state index in [4.69, 9.17) is 0 Å². The summed E-state index contributed by atoms with van der Waals surface area (Å²) in [4.78, 5) is 23.4. The van der Waals surface area contributed by atoms with Gasteiger partial charge in [-0.3, -0.25) is 4.79 Å². The molecule has 1 amide bonds. The van der Waals surface area contributed by atoms with Gasteiger partial charge in [0, 0.05) is 51.5 Å². The molecule has 25 heavy (non-hydrogen) atoms. The molecule has 132 valence electrons. The van der Waals surface area contributed by atoms with E-state index in [0.717, 1.165) is 37.6 Å². The van der Waals surface area contributed by atoms with Gasteiger partial charge in [0.2, 0.25) is 0 Å². The highest BCUT2D eigenvalue weighted by Crippen LogP contribution is 2.18. The van der Waals surface area contributed by atoms with Gasteiger partial charge < -0.3 is 20.0 Å². The maximum Gasteiger partial charge on any atom is 0.256 e. The smallest absolute Gasteiger partial charge is 0.256 e. The van der Waals surface area contributed by atoms with Crippen molar-refractivity contribution in [2.45, 2.75) is 0 Å². The molecule has 6 nitrogen and oxygen atoms in total. The molecule has 1 N–H and O–H groups in total. The van der Waals surface area contributed by atoms with Crippen molar-refractivity contribution in [3.8, 4) is 0 Å². The molecule has 6 heteroatoms. The van der Waals surface area contributed by atoms with Gasteiger partial charge in [-0.1, -0.05) is 6.07 Å². The first-order valence-electron chi connectivity index (χ1n) is 8.51. The highest BCUT2D eigenvalue weighted by Gasteiger charge is 2.15. The molecule has 0 aliphatic carbocycles. The van der Waals surface area contributed by atoms with Crippen LogP contribution in [-0.2, 0) is 0 Å². The van der Waals surface area contributed by atoms with Gasteiger partial charge in [-0.2, -0.15) is 0 Å². The Bertz CT molecular complexity index is 721. The largest absolute Gasteiger partial charge is 0.378 e. The molecule has 1 aromatic carbocycles. The first-order valence-corrected chi connectivity index (χ1v) is 8.51. The van der Waals surface area contributed by atoms with Gasteiger partial charge in [0.25, 0.3) is 5.91 Å². The third-order valence-electron chi connectivity index (χ3n) is 4.48. The molecule has 0 spiro atoms. The lowest BCUT2D eigenvalue weighted by molar-refractivity contribution is 0.102. The predicted molar refractivity (Wildman–Crippen MR) is 103 cm³/mol. The second-order valence-corrected chi connectivity index (χ2v) is 6.59. The Hall–Kier alpha value is -2.60. The number of nitrogens with one attached hydrogen (secondary N) is 1. The summed E-state index contributed by atoms with van der Waals surface area (Å²) in [6.07, 6.45) is 1.83.